The molecule has 1 saturated heterocycles. The van der Waals surface area contributed by atoms with Gasteiger partial charge in [-0.2, -0.15) is 9.61 Å². The highest BCUT2D eigenvalue weighted by atomic mass is 19.1. The second-order valence-corrected chi connectivity index (χ2v) is 8.72. The van der Waals surface area contributed by atoms with Gasteiger partial charge < -0.3 is 15.1 Å². The van der Waals surface area contributed by atoms with E-state index >= 15 is 0 Å². The van der Waals surface area contributed by atoms with Crippen LogP contribution in [-0.2, 0) is 6.54 Å². The summed E-state index contributed by atoms with van der Waals surface area (Å²) in [5.74, 6) is 0.440. The lowest BCUT2D eigenvalue weighted by molar-refractivity contribution is 0.0664. The minimum atomic E-state index is -0.322. The first-order valence-corrected chi connectivity index (χ1v) is 11.4. The number of nitrogens with zero attached hydrogens (tertiary/aromatic N) is 5. The Morgan fingerprint density at radius 3 is 2.68 bits per heavy atom. The molecule has 0 aliphatic carbocycles. The summed E-state index contributed by atoms with van der Waals surface area (Å²) in [6, 6.07) is 16.1. The summed E-state index contributed by atoms with van der Waals surface area (Å²) in [6.07, 6.45) is 1.74. The van der Waals surface area contributed by atoms with Crippen LogP contribution >= 0.6 is 0 Å². The molecule has 7 nitrogen and oxygen atoms in total. The molecule has 1 amide bonds. The van der Waals surface area contributed by atoms with Gasteiger partial charge in [0.05, 0.1) is 5.69 Å². The molecule has 2 aromatic heterocycles. The van der Waals surface area contributed by atoms with E-state index in [1.807, 2.05) is 37.0 Å². The first-order valence-electron chi connectivity index (χ1n) is 11.4. The van der Waals surface area contributed by atoms with E-state index in [2.05, 4.69) is 27.3 Å². The second kappa shape index (κ2) is 9.27. The number of halogens is 1. The van der Waals surface area contributed by atoms with Crippen molar-refractivity contribution in [2.24, 2.45) is 0 Å². The molecule has 4 aromatic rings. The van der Waals surface area contributed by atoms with Crippen LogP contribution in [0.15, 0.2) is 60.8 Å². The summed E-state index contributed by atoms with van der Waals surface area (Å²) in [7, 11) is 4.00. The number of hydrogen-bond acceptors (Lipinski definition) is 5. The molecule has 2 aromatic carbocycles. The lowest BCUT2D eigenvalue weighted by atomic mass is 10.0. The molecule has 0 spiro atoms. The van der Waals surface area contributed by atoms with Crippen molar-refractivity contribution in [3.8, 4) is 11.3 Å². The summed E-state index contributed by atoms with van der Waals surface area (Å²) < 4.78 is 16.2. The summed E-state index contributed by atoms with van der Waals surface area (Å²) in [5, 5.41) is 7.84. The average molecular weight is 456 g/mol. The minimum Gasteiger partial charge on any atom is -0.366 e. The van der Waals surface area contributed by atoms with Crippen molar-refractivity contribution < 1.29 is 9.18 Å². The first-order chi connectivity index (χ1) is 16.5. The zero-order chi connectivity index (χ0) is 23.7. The summed E-state index contributed by atoms with van der Waals surface area (Å²) >= 11 is 0. The Morgan fingerprint density at radius 1 is 1.09 bits per heavy atom. The van der Waals surface area contributed by atoms with Gasteiger partial charge in [-0.1, -0.05) is 24.3 Å². The molecule has 0 bridgehead atoms. The molecule has 5 rings (SSSR count). The number of carbonyl (C=O) groups is 1. The van der Waals surface area contributed by atoms with Gasteiger partial charge in [0.2, 0.25) is 0 Å². The van der Waals surface area contributed by atoms with Crippen molar-refractivity contribution in [2.75, 3.05) is 38.5 Å². The third kappa shape index (κ3) is 4.39. The molecule has 3 heterocycles. The number of piperazine rings is 1. The molecule has 0 atom stereocenters. The number of aromatic nitrogens is 3. The van der Waals surface area contributed by atoms with E-state index in [0.29, 0.717) is 34.8 Å². The Hall–Kier alpha value is -3.72. The van der Waals surface area contributed by atoms with Crippen molar-refractivity contribution in [1.29, 1.82) is 0 Å². The number of carbonyl (C=O) groups excluding carboxylic acids is 1. The third-order valence-corrected chi connectivity index (χ3v) is 6.24. The second-order valence-electron chi connectivity index (χ2n) is 8.72. The Balaban J connectivity index is 1.40. The maximum Gasteiger partial charge on any atom is 0.253 e. The molecule has 0 radical (unpaired) electrons. The zero-order valence-electron chi connectivity index (χ0n) is 19.3. The van der Waals surface area contributed by atoms with Gasteiger partial charge in [0, 0.05) is 56.1 Å². The number of anilines is 1. The largest absolute Gasteiger partial charge is 0.366 e. The van der Waals surface area contributed by atoms with Crippen molar-refractivity contribution >= 4 is 30.7 Å². The van der Waals surface area contributed by atoms with Gasteiger partial charge in [-0.15, -0.1) is 0 Å². The number of benzene rings is 2. The van der Waals surface area contributed by atoms with Crippen LogP contribution in [0.1, 0.15) is 15.9 Å². The molecular formula is C25H26BFN6O. The highest BCUT2D eigenvalue weighted by Crippen LogP contribution is 2.24. The standard InChI is InChI=1S/C25H26BFN6O/c1-31-9-11-32(12-10-31)25(34)18-6-4-5-17(13-18)15-28-23-14-22(19-7-2-3-8-21(19)27)30-24-20(26)16-29-33(23)24/h2-8,13-14,16,28H,9-12,15,26H2,1H3. The van der Waals surface area contributed by atoms with Crippen molar-refractivity contribution in [3.63, 3.8) is 0 Å². The van der Waals surface area contributed by atoms with E-state index in [1.54, 1.807) is 35.0 Å². The fourth-order valence-corrected chi connectivity index (χ4v) is 4.20. The highest BCUT2D eigenvalue weighted by Gasteiger charge is 2.20. The van der Waals surface area contributed by atoms with Gasteiger partial charge in [-0.3, -0.25) is 4.79 Å². The van der Waals surface area contributed by atoms with E-state index < -0.39 is 0 Å². The first kappa shape index (κ1) is 22.1. The molecule has 1 fully saturated rings. The van der Waals surface area contributed by atoms with E-state index in [1.165, 1.54) is 6.07 Å². The van der Waals surface area contributed by atoms with E-state index in [0.717, 1.165) is 37.2 Å². The van der Waals surface area contributed by atoms with Crippen molar-refractivity contribution in [2.45, 2.75) is 6.54 Å². The molecule has 1 aliphatic rings. The normalized spacial score (nSPS) is 14.5. The molecule has 9 heteroatoms. The molecule has 1 aliphatic heterocycles. The van der Waals surface area contributed by atoms with Crippen LogP contribution in [0.25, 0.3) is 16.9 Å². The van der Waals surface area contributed by atoms with E-state index in [4.69, 9.17) is 0 Å². The SMILES string of the molecule is Bc1cnn2c(NCc3cccc(C(=O)N4CCN(C)CC4)c3)cc(-c3ccccc3F)nc12. The van der Waals surface area contributed by atoms with Crippen LogP contribution in [-0.4, -0.2) is 71.4 Å². The summed E-state index contributed by atoms with van der Waals surface area (Å²) in [4.78, 5) is 21.8. The number of amides is 1. The predicted octanol–water partition coefficient (Wildman–Crippen LogP) is 1.79. The van der Waals surface area contributed by atoms with Crippen LogP contribution in [0.5, 0.6) is 0 Å². The lowest BCUT2D eigenvalue weighted by Gasteiger charge is -2.32. The van der Waals surface area contributed by atoms with Gasteiger partial charge in [-0.05, 0) is 42.3 Å². The van der Waals surface area contributed by atoms with Crippen LogP contribution in [0, 0.1) is 5.82 Å². The van der Waals surface area contributed by atoms with Gasteiger partial charge in [0.15, 0.2) is 5.65 Å². The molecule has 172 valence electrons. The van der Waals surface area contributed by atoms with Crippen LogP contribution in [0.2, 0.25) is 0 Å². The van der Waals surface area contributed by atoms with Crippen LogP contribution < -0.4 is 10.8 Å². The van der Waals surface area contributed by atoms with E-state index in [9.17, 15) is 9.18 Å². The molecule has 0 unspecified atom stereocenters. The Morgan fingerprint density at radius 2 is 1.88 bits per heavy atom. The van der Waals surface area contributed by atoms with Crippen LogP contribution in [0.3, 0.4) is 0 Å². The summed E-state index contributed by atoms with van der Waals surface area (Å²) in [6.45, 7) is 3.74. The molecule has 0 saturated carbocycles. The molecule has 1 N–H and O–H groups in total. The van der Waals surface area contributed by atoms with Crippen molar-refractivity contribution in [1.82, 2.24) is 24.4 Å². The topological polar surface area (TPSA) is 65.8 Å². The predicted molar refractivity (Wildman–Crippen MR) is 134 cm³/mol. The minimum absolute atomic E-state index is 0.0609. The number of nitrogens with one attached hydrogen (secondary N) is 1. The lowest BCUT2D eigenvalue weighted by Crippen LogP contribution is -2.47. The third-order valence-electron chi connectivity index (χ3n) is 6.24. The quantitative estimate of drug-likeness (QED) is 0.464. The van der Waals surface area contributed by atoms with Gasteiger partial charge in [0.25, 0.3) is 5.91 Å². The monoisotopic (exact) mass is 456 g/mol. The average Bonchev–Trinajstić information content (AvgIpc) is 3.24. The van der Waals surface area contributed by atoms with E-state index in [-0.39, 0.29) is 11.7 Å². The molecular weight excluding hydrogens is 430 g/mol. The summed E-state index contributed by atoms with van der Waals surface area (Å²) in [5.41, 5.74) is 4.21. The number of fused-ring (bicyclic) bond motifs is 1. The number of rotatable bonds is 5. The van der Waals surface area contributed by atoms with Gasteiger partial charge in [-0.25, -0.2) is 9.37 Å². The zero-order valence-corrected chi connectivity index (χ0v) is 19.3. The van der Waals surface area contributed by atoms with Gasteiger partial charge >= 0.3 is 0 Å². The van der Waals surface area contributed by atoms with Crippen molar-refractivity contribution in [3.05, 3.63) is 77.7 Å². The smallest absolute Gasteiger partial charge is 0.253 e. The van der Waals surface area contributed by atoms with Gasteiger partial charge in [0.1, 0.15) is 19.5 Å². The Labute approximate surface area is 198 Å². The van der Waals surface area contributed by atoms with Crippen LogP contribution in [0.4, 0.5) is 10.2 Å². The Kier molecular flexibility index (Phi) is 6.02. The fraction of sp³-hybridized carbons (Fsp3) is 0.240. The number of likely N-dealkylation sites (N-methyl/N-ethyl adjacent to an activating group) is 1. The maximum absolute atomic E-state index is 14.5. The maximum atomic E-state index is 14.5. The fourth-order valence-electron chi connectivity index (χ4n) is 4.20. The Bertz CT molecular complexity index is 1350. The molecule has 34 heavy (non-hydrogen) atoms. The highest BCUT2D eigenvalue weighted by molar-refractivity contribution is 6.36. The number of hydrogen-bond donors (Lipinski definition) is 1.